The van der Waals surface area contributed by atoms with Crippen molar-refractivity contribution >= 4 is 16.9 Å². The van der Waals surface area contributed by atoms with Crippen LogP contribution >= 0.6 is 0 Å². The second kappa shape index (κ2) is 5.98. The number of carbonyl (C=O) groups is 1. The predicted octanol–water partition coefficient (Wildman–Crippen LogP) is 1.68. The first kappa shape index (κ1) is 14.3. The molecule has 1 N–H and O–H groups in total. The molecule has 1 atom stereocenters. The summed E-state index contributed by atoms with van der Waals surface area (Å²) < 4.78 is 12.6. The molecule has 3 rings (SSSR count). The predicted molar refractivity (Wildman–Crippen MR) is 79.3 cm³/mol. The Hall–Kier alpha value is -2.67. The number of amides is 1. The Bertz CT molecular complexity index is 760. The minimum atomic E-state index is -0.368. The molecular weight excluding hydrogens is 284 g/mol. The topological polar surface area (TPSA) is 82.2 Å². The summed E-state index contributed by atoms with van der Waals surface area (Å²) in [6.45, 7) is 0.283. The average Bonchev–Trinajstić information content (AvgIpc) is 3.13. The van der Waals surface area contributed by atoms with E-state index < -0.39 is 0 Å². The number of nitrogens with zero attached hydrogens (tertiary/aromatic N) is 3. The molecule has 7 nitrogen and oxygen atoms in total. The van der Waals surface area contributed by atoms with Crippen LogP contribution in [0.2, 0.25) is 0 Å². The first-order valence-electron chi connectivity index (χ1n) is 6.83. The third kappa shape index (κ3) is 2.84. The largest absolute Gasteiger partial charge is 0.458 e. The molecule has 0 saturated carbocycles. The zero-order chi connectivity index (χ0) is 15.5. The number of ether oxygens (including phenoxy) is 1. The fourth-order valence-corrected chi connectivity index (χ4v) is 2.19. The van der Waals surface area contributed by atoms with E-state index in [9.17, 15) is 4.79 Å². The van der Waals surface area contributed by atoms with Gasteiger partial charge in [0.25, 0.3) is 5.91 Å². The lowest BCUT2D eigenvalue weighted by atomic mass is 10.2. The van der Waals surface area contributed by atoms with Crippen LogP contribution in [0.1, 0.15) is 22.4 Å². The Labute approximate surface area is 126 Å². The molecule has 0 aliphatic heterocycles. The van der Waals surface area contributed by atoms with Crippen molar-refractivity contribution in [1.82, 2.24) is 20.3 Å². The van der Waals surface area contributed by atoms with Crippen molar-refractivity contribution in [2.24, 2.45) is 7.05 Å². The molecule has 0 radical (unpaired) electrons. The van der Waals surface area contributed by atoms with Gasteiger partial charge in [-0.2, -0.15) is 0 Å². The van der Waals surface area contributed by atoms with Crippen molar-refractivity contribution in [1.29, 1.82) is 0 Å². The van der Waals surface area contributed by atoms with E-state index in [0.29, 0.717) is 5.76 Å². The maximum Gasteiger partial charge on any atom is 0.273 e. The smallest absolute Gasteiger partial charge is 0.273 e. The Morgan fingerprint density at radius 3 is 2.95 bits per heavy atom. The molecule has 0 aliphatic carbocycles. The summed E-state index contributed by atoms with van der Waals surface area (Å²) in [7, 11) is 3.28. The molecule has 114 valence electrons. The monoisotopic (exact) mass is 300 g/mol. The molecule has 7 heteroatoms. The zero-order valence-corrected chi connectivity index (χ0v) is 12.3. The first-order chi connectivity index (χ1) is 10.7. The van der Waals surface area contributed by atoms with Crippen LogP contribution in [-0.4, -0.2) is 34.6 Å². The normalized spacial score (nSPS) is 12.5. The number of nitrogens with one attached hydrogen (secondary N) is 1. The van der Waals surface area contributed by atoms with E-state index in [1.54, 1.807) is 20.4 Å². The number of fused-ring (bicyclic) bond motifs is 1. The van der Waals surface area contributed by atoms with Crippen LogP contribution in [0.25, 0.3) is 11.0 Å². The molecule has 0 bridgehead atoms. The van der Waals surface area contributed by atoms with Gasteiger partial charge < -0.3 is 14.5 Å². The van der Waals surface area contributed by atoms with Gasteiger partial charge in [-0.05, 0) is 12.1 Å². The molecule has 0 spiro atoms. The highest BCUT2D eigenvalue weighted by Gasteiger charge is 2.18. The number of methoxy groups -OCH3 is 1. The second-order valence-corrected chi connectivity index (χ2v) is 4.90. The quantitative estimate of drug-likeness (QED) is 0.775. The summed E-state index contributed by atoms with van der Waals surface area (Å²) in [6, 6.07) is 9.63. The van der Waals surface area contributed by atoms with E-state index >= 15 is 0 Å². The van der Waals surface area contributed by atoms with Crippen molar-refractivity contribution in [3.8, 4) is 0 Å². The van der Waals surface area contributed by atoms with Crippen LogP contribution in [-0.2, 0) is 11.8 Å². The van der Waals surface area contributed by atoms with E-state index in [-0.39, 0.29) is 24.2 Å². The van der Waals surface area contributed by atoms with Crippen molar-refractivity contribution in [3.05, 3.63) is 48.0 Å². The summed E-state index contributed by atoms with van der Waals surface area (Å²) in [5.41, 5.74) is 1.06. The molecule has 22 heavy (non-hydrogen) atoms. The Balaban J connectivity index is 1.70. The first-order valence-corrected chi connectivity index (χ1v) is 6.83. The molecule has 0 saturated heterocycles. The van der Waals surface area contributed by atoms with Crippen molar-refractivity contribution in [2.45, 2.75) is 6.10 Å². The summed E-state index contributed by atoms with van der Waals surface area (Å²) in [5.74, 6) is 0.370. The summed E-state index contributed by atoms with van der Waals surface area (Å²) in [6.07, 6.45) is 1.19. The highest BCUT2D eigenvalue weighted by atomic mass is 16.5. The van der Waals surface area contributed by atoms with E-state index in [1.807, 2.05) is 30.3 Å². The number of benzene rings is 1. The molecular formula is C15H16N4O3. The molecule has 0 fully saturated rings. The van der Waals surface area contributed by atoms with Crippen LogP contribution in [0.15, 0.2) is 40.9 Å². The second-order valence-electron chi connectivity index (χ2n) is 4.90. The number of para-hydroxylation sites is 1. The van der Waals surface area contributed by atoms with Gasteiger partial charge in [0.15, 0.2) is 5.69 Å². The number of hydrogen-bond donors (Lipinski definition) is 1. The van der Waals surface area contributed by atoms with Gasteiger partial charge in [-0.25, -0.2) is 0 Å². The van der Waals surface area contributed by atoms with Crippen LogP contribution in [0.4, 0.5) is 0 Å². The fourth-order valence-electron chi connectivity index (χ4n) is 2.19. The van der Waals surface area contributed by atoms with Crippen LogP contribution < -0.4 is 5.32 Å². The van der Waals surface area contributed by atoms with Gasteiger partial charge >= 0.3 is 0 Å². The SMILES string of the molecule is COC(CNC(=O)c1cn(C)nn1)c1cc2ccccc2o1. The molecule has 3 aromatic rings. The van der Waals surface area contributed by atoms with Gasteiger partial charge in [-0.1, -0.05) is 23.4 Å². The van der Waals surface area contributed by atoms with Crippen LogP contribution in [0.3, 0.4) is 0 Å². The lowest BCUT2D eigenvalue weighted by Gasteiger charge is -2.12. The zero-order valence-electron chi connectivity index (χ0n) is 12.3. The maximum atomic E-state index is 12.0. The lowest BCUT2D eigenvalue weighted by molar-refractivity contribution is 0.0744. The Morgan fingerprint density at radius 1 is 1.45 bits per heavy atom. The fraction of sp³-hybridized carbons (Fsp3) is 0.267. The maximum absolute atomic E-state index is 12.0. The Morgan fingerprint density at radius 2 is 2.27 bits per heavy atom. The third-order valence-electron chi connectivity index (χ3n) is 3.33. The van der Waals surface area contributed by atoms with Gasteiger partial charge in [0.1, 0.15) is 17.4 Å². The third-order valence-corrected chi connectivity index (χ3v) is 3.33. The number of rotatable bonds is 5. The summed E-state index contributed by atoms with van der Waals surface area (Å²) in [4.78, 5) is 12.0. The number of furan rings is 1. The van der Waals surface area contributed by atoms with Gasteiger partial charge in [-0.15, -0.1) is 5.10 Å². The number of aryl methyl sites for hydroxylation is 1. The minimum absolute atomic E-state index is 0.266. The minimum Gasteiger partial charge on any atom is -0.458 e. The molecule has 1 aromatic carbocycles. The Kier molecular flexibility index (Phi) is 3.88. The van der Waals surface area contributed by atoms with Crippen molar-refractivity contribution in [2.75, 3.05) is 13.7 Å². The molecule has 1 unspecified atom stereocenters. The van der Waals surface area contributed by atoms with E-state index in [2.05, 4.69) is 15.6 Å². The van der Waals surface area contributed by atoms with E-state index in [4.69, 9.17) is 9.15 Å². The molecule has 1 amide bonds. The van der Waals surface area contributed by atoms with Gasteiger partial charge in [0.2, 0.25) is 0 Å². The lowest BCUT2D eigenvalue weighted by Crippen LogP contribution is -2.29. The average molecular weight is 300 g/mol. The van der Waals surface area contributed by atoms with E-state index in [1.165, 1.54) is 4.68 Å². The van der Waals surface area contributed by atoms with Crippen LogP contribution in [0.5, 0.6) is 0 Å². The molecule has 2 heterocycles. The molecule has 2 aromatic heterocycles. The number of carbonyl (C=O) groups excluding carboxylic acids is 1. The standard InChI is InChI=1S/C15H16N4O3/c1-19-9-11(17-18-19)15(20)16-8-14(21-2)13-7-10-5-3-4-6-12(10)22-13/h3-7,9,14H,8H2,1-2H3,(H,16,20). The highest BCUT2D eigenvalue weighted by molar-refractivity contribution is 5.91. The number of aromatic nitrogens is 3. The summed E-state index contributed by atoms with van der Waals surface area (Å²) in [5, 5.41) is 11.3. The highest BCUT2D eigenvalue weighted by Crippen LogP contribution is 2.25. The van der Waals surface area contributed by atoms with Crippen molar-refractivity contribution in [3.63, 3.8) is 0 Å². The summed E-state index contributed by atoms with van der Waals surface area (Å²) >= 11 is 0. The number of hydrogen-bond acceptors (Lipinski definition) is 5. The van der Waals surface area contributed by atoms with Crippen molar-refractivity contribution < 1.29 is 13.9 Å². The van der Waals surface area contributed by atoms with E-state index in [0.717, 1.165) is 11.0 Å². The van der Waals surface area contributed by atoms with Crippen LogP contribution in [0, 0.1) is 0 Å². The van der Waals surface area contributed by atoms with Gasteiger partial charge in [0, 0.05) is 19.5 Å². The van der Waals surface area contributed by atoms with Gasteiger partial charge in [-0.3, -0.25) is 9.48 Å². The molecule has 0 aliphatic rings. The van der Waals surface area contributed by atoms with Gasteiger partial charge in [0.05, 0.1) is 12.7 Å².